The summed E-state index contributed by atoms with van der Waals surface area (Å²) in [5, 5.41) is 0. The Hall–Kier alpha value is -1.45. The van der Waals surface area contributed by atoms with Gasteiger partial charge < -0.3 is 9.69 Å². The molecular weight excluding hydrogens is 154 g/mol. The second-order valence-corrected chi connectivity index (χ2v) is 2.85. The molecule has 0 aliphatic carbocycles. The minimum Gasteiger partial charge on any atom is -0.339 e. The lowest BCUT2D eigenvalue weighted by Crippen LogP contribution is -2.48. The summed E-state index contributed by atoms with van der Waals surface area (Å²) >= 11 is 0. The molecule has 0 saturated carbocycles. The van der Waals surface area contributed by atoms with E-state index in [4.69, 9.17) is 0 Å². The second-order valence-electron chi connectivity index (χ2n) is 2.85. The fourth-order valence-corrected chi connectivity index (χ4v) is 1.22. The van der Waals surface area contributed by atoms with Gasteiger partial charge in [-0.25, -0.2) is 9.97 Å². The maximum absolute atomic E-state index is 10.3. The highest BCUT2D eigenvalue weighted by Crippen LogP contribution is 2.17. The van der Waals surface area contributed by atoms with E-state index < -0.39 is 0 Å². The minimum absolute atomic E-state index is 0.175. The van der Waals surface area contributed by atoms with Crippen molar-refractivity contribution in [1.29, 1.82) is 0 Å². The molecule has 0 atom stereocenters. The summed E-state index contributed by atoms with van der Waals surface area (Å²) in [6.07, 6.45) is 4.40. The maximum Gasteiger partial charge on any atom is 0.225 e. The monoisotopic (exact) mass is 163 g/mol. The maximum atomic E-state index is 10.3. The van der Waals surface area contributed by atoms with Crippen molar-refractivity contribution in [1.82, 2.24) is 9.97 Å². The van der Waals surface area contributed by atoms with Crippen LogP contribution in [0.4, 0.5) is 5.95 Å². The van der Waals surface area contributed by atoms with Crippen molar-refractivity contribution in [3.63, 3.8) is 0 Å². The van der Waals surface area contributed by atoms with Crippen LogP contribution in [0.3, 0.4) is 0 Å². The summed E-state index contributed by atoms with van der Waals surface area (Å²) in [6.45, 7) is 1.51. The molecule has 1 saturated heterocycles. The number of hydrogen-bond donors (Lipinski definition) is 0. The molecule has 0 aromatic carbocycles. The van der Waals surface area contributed by atoms with Gasteiger partial charge in [-0.1, -0.05) is 0 Å². The first-order valence-corrected chi connectivity index (χ1v) is 3.87. The fourth-order valence-electron chi connectivity index (χ4n) is 1.22. The topological polar surface area (TPSA) is 46.1 Å². The van der Waals surface area contributed by atoms with Crippen LogP contribution in [-0.2, 0) is 4.79 Å². The Morgan fingerprint density at radius 1 is 1.42 bits per heavy atom. The second kappa shape index (κ2) is 2.89. The molecule has 62 valence electrons. The molecule has 12 heavy (non-hydrogen) atoms. The lowest BCUT2D eigenvalue weighted by atomic mass is 10.0. The van der Waals surface area contributed by atoms with Crippen LogP contribution < -0.4 is 4.90 Å². The Morgan fingerprint density at radius 3 is 2.67 bits per heavy atom. The zero-order valence-electron chi connectivity index (χ0n) is 6.55. The molecule has 0 unspecified atom stereocenters. The number of aromatic nitrogens is 2. The molecule has 0 N–H and O–H groups in total. The zero-order valence-corrected chi connectivity index (χ0v) is 6.55. The average molecular weight is 163 g/mol. The van der Waals surface area contributed by atoms with Crippen LogP contribution >= 0.6 is 0 Å². The third-order valence-corrected chi connectivity index (χ3v) is 1.94. The minimum atomic E-state index is 0.175. The van der Waals surface area contributed by atoms with Gasteiger partial charge in [-0.05, 0) is 6.07 Å². The number of carbonyl (C=O) groups is 1. The van der Waals surface area contributed by atoms with Gasteiger partial charge in [-0.2, -0.15) is 0 Å². The van der Waals surface area contributed by atoms with E-state index in [-0.39, 0.29) is 5.92 Å². The Bertz CT molecular complexity index is 269. The van der Waals surface area contributed by atoms with E-state index in [2.05, 4.69) is 9.97 Å². The predicted molar refractivity (Wildman–Crippen MR) is 43.8 cm³/mol. The van der Waals surface area contributed by atoms with E-state index in [0.717, 1.165) is 25.3 Å². The van der Waals surface area contributed by atoms with Crippen molar-refractivity contribution in [2.45, 2.75) is 0 Å². The predicted octanol–water partition coefficient (Wildman–Crippen LogP) is 0.112. The summed E-state index contributed by atoms with van der Waals surface area (Å²) in [4.78, 5) is 20.4. The van der Waals surface area contributed by atoms with Crippen molar-refractivity contribution >= 4 is 12.2 Å². The molecule has 4 heteroatoms. The largest absolute Gasteiger partial charge is 0.339 e. The molecule has 1 aliphatic rings. The van der Waals surface area contributed by atoms with E-state index in [9.17, 15) is 4.79 Å². The van der Waals surface area contributed by atoms with E-state index in [1.165, 1.54) is 0 Å². The summed E-state index contributed by atoms with van der Waals surface area (Å²) < 4.78 is 0. The van der Waals surface area contributed by atoms with Crippen molar-refractivity contribution in [3.05, 3.63) is 18.5 Å². The summed E-state index contributed by atoms with van der Waals surface area (Å²) in [7, 11) is 0. The first kappa shape index (κ1) is 7.21. The van der Waals surface area contributed by atoms with Crippen LogP contribution in [0.5, 0.6) is 0 Å². The molecule has 0 amide bonds. The molecule has 2 heterocycles. The van der Waals surface area contributed by atoms with Gasteiger partial charge in [0.05, 0.1) is 0 Å². The van der Waals surface area contributed by atoms with Gasteiger partial charge in [0.15, 0.2) is 0 Å². The van der Waals surface area contributed by atoms with Gasteiger partial charge in [0.25, 0.3) is 0 Å². The van der Waals surface area contributed by atoms with Crippen molar-refractivity contribution in [3.8, 4) is 0 Å². The molecule has 1 fully saturated rings. The van der Waals surface area contributed by atoms with Crippen LogP contribution in [-0.4, -0.2) is 29.3 Å². The lowest BCUT2D eigenvalue weighted by Gasteiger charge is -2.35. The molecule has 1 aromatic rings. The molecule has 4 nitrogen and oxygen atoms in total. The van der Waals surface area contributed by atoms with E-state index in [1.54, 1.807) is 18.5 Å². The van der Waals surface area contributed by atoms with Gasteiger partial charge in [0.1, 0.15) is 6.29 Å². The number of rotatable bonds is 2. The van der Waals surface area contributed by atoms with Crippen molar-refractivity contribution < 1.29 is 4.79 Å². The van der Waals surface area contributed by atoms with Crippen molar-refractivity contribution in [2.75, 3.05) is 18.0 Å². The van der Waals surface area contributed by atoms with E-state index in [1.807, 2.05) is 4.90 Å². The number of hydrogen-bond acceptors (Lipinski definition) is 4. The summed E-state index contributed by atoms with van der Waals surface area (Å²) in [6, 6.07) is 1.78. The number of nitrogens with zero attached hydrogens (tertiary/aromatic N) is 3. The Kier molecular flexibility index (Phi) is 1.74. The van der Waals surface area contributed by atoms with Crippen molar-refractivity contribution in [2.24, 2.45) is 5.92 Å². The highest BCUT2D eigenvalue weighted by atomic mass is 16.1. The first-order valence-electron chi connectivity index (χ1n) is 3.87. The third kappa shape index (κ3) is 1.15. The number of aldehydes is 1. The number of carbonyl (C=O) groups excluding carboxylic acids is 1. The normalized spacial score (nSPS) is 17.2. The van der Waals surface area contributed by atoms with Crippen LogP contribution in [0.2, 0.25) is 0 Å². The Morgan fingerprint density at radius 2 is 2.08 bits per heavy atom. The van der Waals surface area contributed by atoms with Crippen LogP contribution in [0.25, 0.3) is 0 Å². The fraction of sp³-hybridized carbons (Fsp3) is 0.375. The van der Waals surface area contributed by atoms with Gasteiger partial charge >= 0.3 is 0 Å². The molecule has 1 aliphatic heterocycles. The van der Waals surface area contributed by atoms with E-state index in [0.29, 0.717) is 0 Å². The molecule has 0 bridgehead atoms. The van der Waals surface area contributed by atoms with Gasteiger partial charge in [0.2, 0.25) is 5.95 Å². The highest BCUT2D eigenvalue weighted by Gasteiger charge is 2.27. The smallest absolute Gasteiger partial charge is 0.225 e. The first-order chi connectivity index (χ1) is 5.90. The molecular formula is C8H9N3O. The zero-order chi connectivity index (χ0) is 8.39. The quantitative estimate of drug-likeness (QED) is 0.580. The van der Waals surface area contributed by atoms with Crippen LogP contribution in [0.15, 0.2) is 18.5 Å². The molecule has 0 radical (unpaired) electrons. The molecule has 2 rings (SSSR count). The van der Waals surface area contributed by atoms with Gasteiger partial charge in [0, 0.05) is 31.4 Å². The van der Waals surface area contributed by atoms with Gasteiger partial charge in [-0.15, -0.1) is 0 Å². The molecule has 1 aromatic heterocycles. The third-order valence-electron chi connectivity index (χ3n) is 1.94. The SMILES string of the molecule is O=CC1CN(c2ncccn2)C1. The average Bonchev–Trinajstić information content (AvgIpc) is 2.04. The number of anilines is 1. The van der Waals surface area contributed by atoms with Crippen LogP contribution in [0.1, 0.15) is 0 Å². The highest BCUT2D eigenvalue weighted by molar-refractivity contribution is 5.59. The standard InChI is InChI=1S/C8H9N3O/c12-6-7-4-11(5-7)8-9-2-1-3-10-8/h1-3,6-7H,4-5H2. The molecule has 0 spiro atoms. The van der Waals surface area contributed by atoms with Gasteiger partial charge in [-0.3, -0.25) is 0 Å². The summed E-state index contributed by atoms with van der Waals surface area (Å²) in [5.74, 6) is 0.893. The Balaban J connectivity index is 2.01. The lowest BCUT2D eigenvalue weighted by molar-refractivity contribution is -0.111. The summed E-state index contributed by atoms with van der Waals surface area (Å²) in [5.41, 5.74) is 0. The Labute approximate surface area is 70.2 Å². The van der Waals surface area contributed by atoms with Crippen LogP contribution in [0, 0.1) is 5.92 Å². The van der Waals surface area contributed by atoms with E-state index >= 15 is 0 Å².